The molecule has 0 aliphatic heterocycles. The highest BCUT2D eigenvalue weighted by atomic mass is 16.6. The summed E-state index contributed by atoms with van der Waals surface area (Å²) in [6, 6.07) is 8.19. The van der Waals surface area contributed by atoms with Gasteiger partial charge in [-0.2, -0.15) is 5.10 Å². The normalized spacial score (nSPS) is 13.6. The lowest BCUT2D eigenvalue weighted by Gasteiger charge is -2.13. The zero-order valence-corrected chi connectivity index (χ0v) is 18.5. The molecule has 35 heavy (non-hydrogen) atoms. The number of hydrazine groups is 1. The molecule has 0 radical (unpaired) electrons. The van der Waals surface area contributed by atoms with Gasteiger partial charge in [-0.1, -0.05) is 0 Å². The summed E-state index contributed by atoms with van der Waals surface area (Å²) in [5, 5.41) is 15.0. The first-order valence-electron chi connectivity index (χ1n) is 10.6. The molecule has 3 amide bonds. The molecule has 1 aromatic carbocycles. The molecule has 0 bridgehead atoms. The largest absolute Gasteiger partial charge is 0.455 e. The zero-order chi connectivity index (χ0) is 24.9. The minimum Gasteiger partial charge on any atom is -0.455 e. The molecule has 0 unspecified atom stereocenters. The Morgan fingerprint density at radius 3 is 2.46 bits per heavy atom. The van der Waals surface area contributed by atoms with Gasteiger partial charge in [0.05, 0.1) is 16.2 Å². The number of hydrazone groups is 1. The number of hydrogen-bond acceptors (Lipinski definition) is 8. The molecule has 3 N–H and O–H groups in total. The number of furan rings is 1. The van der Waals surface area contributed by atoms with Crippen LogP contribution >= 0.6 is 0 Å². The fraction of sp³-hybridized carbons (Fsp3) is 0.174. The van der Waals surface area contributed by atoms with Crippen molar-refractivity contribution in [1.82, 2.24) is 21.3 Å². The van der Waals surface area contributed by atoms with Gasteiger partial charge in [0.2, 0.25) is 0 Å². The summed E-state index contributed by atoms with van der Waals surface area (Å²) in [6.45, 7) is 1.69. The summed E-state index contributed by atoms with van der Waals surface area (Å²) in [7, 11) is 0. The van der Waals surface area contributed by atoms with E-state index in [1.54, 1.807) is 25.3 Å². The molecule has 4 rings (SSSR count). The summed E-state index contributed by atoms with van der Waals surface area (Å²) >= 11 is 0. The zero-order valence-electron chi connectivity index (χ0n) is 18.5. The van der Waals surface area contributed by atoms with E-state index in [1.807, 2.05) is 0 Å². The summed E-state index contributed by atoms with van der Waals surface area (Å²) in [4.78, 5) is 51.3. The third-order valence-electron chi connectivity index (χ3n) is 5.38. The Labute approximate surface area is 198 Å². The summed E-state index contributed by atoms with van der Waals surface area (Å²) in [5.41, 5.74) is 9.15. The molecular formula is C23H20N6O6. The van der Waals surface area contributed by atoms with E-state index in [0.29, 0.717) is 41.0 Å². The molecular weight excluding hydrogens is 456 g/mol. The fourth-order valence-corrected chi connectivity index (χ4v) is 3.65. The molecule has 12 heteroatoms. The van der Waals surface area contributed by atoms with Crippen molar-refractivity contribution in [3.8, 4) is 0 Å². The summed E-state index contributed by atoms with van der Waals surface area (Å²) in [5.74, 6) is -1.17. The fourth-order valence-electron chi connectivity index (χ4n) is 3.65. The number of non-ortho nitro benzene ring substituents is 1. The van der Waals surface area contributed by atoms with E-state index in [9.17, 15) is 24.5 Å². The number of carbonyl (C=O) groups is 3. The van der Waals surface area contributed by atoms with E-state index in [0.717, 1.165) is 6.42 Å². The van der Waals surface area contributed by atoms with Crippen molar-refractivity contribution in [2.24, 2.45) is 5.10 Å². The Bertz CT molecular complexity index is 1330. The van der Waals surface area contributed by atoms with Crippen molar-refractivity contribution in [2.45, 2.75) is 26.2 Å². The first kappa shape index (κ1) is 23.3. The summed E-state index contributed by atoms with van der Waals surface area (Å²) in [6.07, 6.45) is 4.89. The number of benzene rings is 1. The van der Waals surface area contributed by atoms with Gasteiger partial charge < -0.3 is 4.42 Å². The number of aryl methyl sites for hydroxylation is 1. The van der Waals surface area contributed by atoms with E-state index in [2.05, 4.69) is 26.4 Å². The summed E-state index contributed by atoms with van der Waals surface area (Å²) < 4.78 is 5.76. The van der Waals surface area contributed by atoms with Crippen LogP contribution in [0.2, 0.25) is 0 Å². The second kappa shape index (κ2) is 9.95. The number of nitrogens with one attached hydrogen (secondary N) is 3. The van der Waals surface area contributed by atoms with Crippen LogP contribution in [0.1, 0.15) is 61.0 Å². The van der Waals surface area contributed by atoms with Gasteiger partial charge in [0.25, 0.3) is 17.5 Å². The number of rotatable bonds is 5. The van der Waals surface area contributed by atoms with Crippen molar-refractivity contribution in [3.05, 3.63) is 92.7 Å². The number of nitro benzene ring substituents is 1. The van der Waals surface area contributed by atoms with E-state index in [4.69, 9.17) is 4.42 Å². The maximum atomic E-state index is 12.7. The number of aromatic nitrogens is 1. The first-order chi connectivity index (χ1) is 16.8. The lowest BCUT2D eigenvalue weighted by Crippen LogP contribution is -2.41. The van der Waals surface area contributed by atoms with Gasteiger partial charge >= 0.3 is 5.91 Å². The Morgan fingerprint density at radius 2 is 1.77 bits per heavy atom. The van der Waals surface area contributed by atoms with Crippen LogP contribution in [-0.2, 0) is 6.42 Å². The van der Waals surface area contributed by atoms with Crippen LogP contribution in [-0.4, -0.2) is 33.3 Å². The third-order valence-corrected chi connectivity index (χ3v) is 5.38. The van der Waals surface area contributed by atoms with Crippen molar-refractivity contribution in [1.29, 1.82) is 0 Å². The van der Waals surface area contributed by atoms with Crippen LogP contribution < -0.4 is 16.3 Å². The molecule has 178 valence electrons. The van der Waals surface area contributed by atoms with Gasteiger partial charge in [0.1, 0.15) is 5.76 Å². The predicted octanol–water partition coefficient (Wildman–Crippen LogP) is 2.44. The van der Waals surface area contributed by atoms with Crippen molar-refractivity contribution in [2.75, 3.05) is 0 Å². The van der Waals surface area contributed by atoms with Crippen LogP contribution in [0.5, 0.6) is 0 Å². The van der Waals surface area contributed by atoms with Gasteiger partial charge in [-0.05, 0) is 44.0 Å². The number of pyridine rings is 1. The van der Waals surface area contributed by atoms with Gasteiger partial charge in [-0.25, -0.2) is 5.43 Å². The van der Waals surface area contributed by atoms with E-state index in [-0.39, 0.29) is 17.0 Å². The van der Waals surface area contributed by atoms with E-state index in [1.165, 1.54) is 30.5 Å². The van der Waals surface area contributed by atoms with E-state index >= 15 is 0 Å². The lowest BCUT2D eigenvalue weighted by atomic mass is 9.93. The number of nitro groups is 1. The van der Waals surface area contributed by atoms with Gasteiger partial charge in [0.15, 0.2) is 5.76 Å². The Balaban J connectivity index is 1.45. The smallest absolute Gasteiger partial charge is 0.305 e. The van der Waals surface area contributed by atoms with Crippen LogP contribution in [0, 0.1) is 17.0 Å². The second-order valence-corrected chi connectivity index (χ2v) is 7.66. The van der Waals surface area contributed by atoms with Crippen molar-refractivity contribution in [3.63, 3.8) is 0 Å². The highest BCUT2D eigenvalue weighted by molar-refractivity contribution is 6.07. The molecule has 0 fully saturated rings. The molecule has 12 nitrogen and oxygen atoms in total. The van der Waals surface area contributed by atoms with Crippen LogP contribution in [0.3, 0.4) is 0 Å². The van der Waals surface area contributed by atoms with E-state index < -0.39 is 22.6 Å². The van der Waals surface area contributed by atoms with Crippen molar-refractivity contribution < 1.29 is 23.7 Å². The minimum atomic E-state index is -0.675. The molecule has 1 aliphatic carbocycles. The topological polar surface area (TPSA) is 169 Å². The Kier molecular flexibility index (Phi) is 6.62. The maximum Gasteiger partial charge on any atom is 0.305 e. The first-order valence-corrected chi connectivity index (χ1v) is 10.6. The van der Waals surface area contributed by atoms with Crippen molar-refractivity contribution >= 4 is 29.1 Å². The van der Waals surface area contributed by atoms with Gasteiger partial charge in [0, 0.05) is 47.6 Å². The molecule has 0 saturated heterocycles. The lowest BCUT2D eigenvalue weighted by molar-refractivity contribution is -0.384. The number of carbonyl (C=O) groups excluding carboxylic acids is 3. The Morgan fingerprint density at radius 1 is 1.03 bits per heavy atom. The minimum absolute atomic E-state index is 0.00665. The quantitative estimate of drug-likeness (QED) is 0.375. The number of amides is 3. The highest BCUT2D eigenvalue weighted by Crippen LogP contribution is 2.29. The highest BCUT2D eigenvalue weighted by Gasteiger charge is 2.28. The molecule has 0 spiro atoms. The maximum absolute atomic E-state index is 12.7. The number of fused-ring (bicyclic) bond motifs is 1. The molecule has 2 heterocycles. The average molecular weight is 476 g/mol. The van der Waals surface area contributed by atoms with Crippen LogP contribution in [0.15, 0.2) is 58.3 Å². The van der Waals surface area contributed by atoms with Crippen LogP contribution in [0.4, 0.5) is 5.69 Å². The number of hydrogen-bond donors (Lipinski definition) is 3. The molecule has 0 atom stereocenters. The Hall–Kier alpha value is -4.87. The molecule has 1 aliphatic rings. The SMILES string of the molecule is Cc1c(C(=O)NNC(=O)c2ccc([N+](=O)[O-])cc2)oc2c1/C(=N/NC(=O)c1cccnc1)CCC2. The van der Waals surface area contributed by atoms with Crippen LogP contribution in [0.25, 0.3) is 0 Å². The molecule has 3 aromatic rings. The molecule has 0 saturated carbocycles. The third kappa shape index (κ3) is 5.05. The predicted molar refractivity (Wildman–Crippen MR) is 123 cm³/mol. The van der Waals surface area contributed by atoms with Gasteiger partial charge in [-0.15, -0.1) is 0 Å². The monoisotopic (exact) mass is 476 g/mol. The average Bonchev–Trinajstić information content (AvgIpc) is 3.23. The standard InChI is InChI=1S/C23H20N6O6/c1-13-19-17(25-26-22(31)15-4-3-11-24-12-15)5-2-6-18(19)35-20(13)23(32)28-27-21(30)14-7-9-16(10-8-14)29(33)34/h3-4,7-12H,2,5-6H2,1H3,(H,26,31)(H,27,30)(H,28,32)/b25-17+. The molecule has 2 aromatic heterocycles. The number of nitrogens with zero attached hydrogens (tertiary/aromatic N) is 3. The van der Waals surface area contributed by atoms with Gasteiger partial charge in [-0.3, -0.25) is 40.3 Å². The second-order valence-electron chi connectivity index (χ2n) is 7.66.